The summed E-state index contributed by atoms with van der Waals surface area (Å²) in [7, 11) is 0. The van der Waals surface area contributed by atoms with E-state index in [1.807, 2.05) is 12.1 Å². The zero-order valence-electron chi connectivity index (χ0n) is 17.1. The van der Waals surface area contributed by atoms with Gasteiger partial charge >= 0.3 is 0 Å². The number of carbonyl (C=O) groups excluding carboxylic acids is 3. The van der Waals surface area contributed by atoms with Gasteiger partial charge in [0.25, 0.3) is 5.91 Å². The van der Waals surface area contributed by atoms with Crippen LogP contribution >= 0.6 is 0 Å². The van der Waals surface area contributed by atoms with Crippen LogP contribution in [0, 0.1) is 23.2 Å². The summed E-state index contributed by atoms with van der Waals surface area (Å²) < 4.78 is 0. The maximum Gasteiger partial charge on any atom is 0.269 e. The quantitative estimate of drug-likeness (QED) is 0.645. The standard InChI is InChI=1S/C23H31N3O3/c1-2-15-3-5-19(6-4-15)21(28)26-25-20(27)7-8-24-22(29)23-12-16-9-17(13-23)11-18(10-16)14-23/h3-6,16-18H,2,7-14H2,1H3,(H,24,29)(H,25,27)(H,26,28). The van der Waals surface area contributed by atoms with E-state index in [1.165, 1.54) is 19.3 Å². The zero-order valence-corrected chi connectivity index (χ0v) is 17.1. The third-order valence-electron chi connectivity index (χ3n) is 7.10. The van der Waals surface area contributed by atoms with Crippen molar-refractivity contribution < 1.29 is 14.4 Å². The van der Waals surface area contributed by atoms with Crippen LogP contribution in [-0.2, 0) is 16.0 Å². The molecule has 29 heavy (non-hydrogen) atoms. The summed E-state index contributed by atoms with van der Waals surface area (Å²) in [6.45, 7) is 2.35. The topological polar surface area (TPSA) is 87.3 Å². The van der Waals surface area contributed by atoms with Crippen LogP contribution in [0.1, 0.15) is 67.8 Å². The van der Waals surface area contributed by atoms with E-state index in [-0.39, 0.29) is 29.6 Å². The average molecular weight is 398 g/mol. The van der Waals surface area contributed by atoms with Crippen molar-refractivity contribution in [2.24, 2.45) is 23.2 Å². The van der Waals surface area contributed by atoms with Crippen LogP contribution in [0.4, 0.5) is 0 Å². The molecule has 6 heteroatoms. The normalized spacial score (nSPS) is 29.3. The highest BCUT2D eigenvalue weighted by Gasteiger charge is 2.54. The van der Waals surface area contributed by atoms with Gasteiger partial charge in [-0.25, -0.2) is 0 Å². The molecule has 0 atom stereocenters. The minimum atomic E-state index is -0.349. The first-order valence-corrected chi connectivity index (χ1v) is 10.9. The molecular weight excluding hydrogens is 366 g/mol. The Hall–Kier alpha value is -2.37. The predicted molar refractivity (Wildman–Crippen MR) is 110 cm³/mol. The Labute approximate surface area is 172 Å². The fourth-order valence-corrected chi connectivity index (χ4v) is 6.02. The molecular formula is C23H31N3O3. The Morgan fingerprint density at radius 3 is 2.07 bits per heavy atom. The van der Waals surface area contributed by atoms with Gasteiger partial charge in [0, 0.05) is 23.9 Å². The predicted octanol–water partition coefficient (Wildman–Crippen LogP) is 2.73. The van der Waals surface area contributed by atoms with Gasteiger partial charge in [0.15, 0.2) is 0 Å². The van der Waals surface area contributed by atoms with Gasteiger partial charge in [-0.1, -0.05) is 19.1 Å². The number of nitrogens with one attached hydrogen (secondary N) is 3. The molecule has 4 saturated carbocycles. The number of carbonyl (C=O) groups is 3. The van der Waals surface area contributed by atoms with Crippen molar-refractivity contribution in [1.29, 1.82) is 0 Å². The van der Waals surface area contributed by atoms with E-state index >= 15 is 0 Å². The van der Waals surface area contributed by atoms with Gasteiger partial charge < -0.3 is 5.32 Å². The van der Waals surface area contributed by atoms with Crippen molar-refractivity contribution in [3.63, 3.8) is 0 Å². The summed E-state index contributed by atoms with van der Waals surface area (Å²) in [5, 5.41) is 2.99. The molecule has 4 aliphatic carbocycles. The van der Waals surface area contributed by atoms with Crippen molar-refractivity contribution in [1.82, 2.24) is 16.2 Å². The Morgan fingerprint density at radius 2 is 1.52 bits per heavy atom. The van der Waals surface area contributed by atoms with E-state index in [2.05, 4.69) is 23.1 Å². The molecule has 4 aliphatic rings. The van der Waals surface area contributed by atoms with Gasteiger partial charge in [0.1, 0.15) is 0 Å². The Morgan fingerprint density at radius 1 is 0.931 bits per heavy atom. The first kappa shape index (κ1) is 19.9. The summed E-state index contributed by atoms with van der Waals surface area (Å²) in [5.41, 5.74) is 6.32. The van der Waals surface area contributed by atoms with Gasteiger partial charge in [-0.05, 0) is 80.4 Å². The smallest absolute Gasteiger partial charge is 0.269 e. The number of benzene rings is 1. The summed E-state index contributed by atoms with van der Waals surface area (Å²) in [5.74, 6) is 1.63. The van der Waals surface area contributed by atoms with E-state index in [0.717, 1.165) is 49.0 Å². The van der Waals surface area contributed by atoms with Gasteiger partial charge in [0.05, 0.1) is 0 Å². The van der Waals surface area contributed by atoms with E-state index in [0.29, 0.717) is 12.1 Å². The van der Waals surface area contributed by atoms with Crippen molar-refractivity contribution >= 4 is 17.7 Å². The highest BCUT2D eigenvalue weighted by Crippen LogP contribution is 2.60. The van der Waals surface area contributed by atoms with Gasteiger partial charge in [-0.2, -0.15) is 0 Å². The van der Waals surface area contributed by atoms with Crippen LogP contribution in [0.15, 0.2) is 24.3 Å². The highest BCUT2D eigenvalue weighted by atomic mass is 16.2. The Kier molecular flexibility index (Phi) is 5.61. The lowest BCUT2D eigenvalue weighted by atomic mass is 9.49. The van der Waals surface area contributed by atoms with Crippen LogP contribution in [0.2, 0.25) is 0 Å². The average Bonchev–Trinajstić information content (AvgIpc) is 2.71. The maximum absolute atomic E-state index is 12.9. The number of hydrazine groups is 1. The van der Waals surface area contributed by atoms with Gasteiger partial charge in [-0.3, -0.25) is 25.2 Å². The molecule has 3 N–H and O–H groups in total. The van der Waals surface area contributed by atoms with E-state index in [1.54, 1.807) is 12.1 Å². The maximum atomic E-state index is 12.9. The molecule has 156 valence electrons. The molecule has 4 bridgehead atoms. The lowest BCUT2D eigenvalue weighted by Gasteiger charge is -2.55. The first-order chi connectivity index (χ1) is 14.0. The zero-order chi connectivity index (χ0) is 20.4. The minimum absolute atomic E-state index is 0.129. The minimum Gasteiger partial charge on any atom is -0.355 e. The van der Waals surface area contributed by atoms with Crippen molar-refractivity contribution in [2.75, 3.05) is 6.54 Å². The summed E-state index contributed by atoms with van der Waals surface area (Å²) >= 11 is 0. The van der Waals surface area contributed by atoms with Crippen LogP contribution in [-0.4, -0.2) is 24.3 Å². The van der Waals surface area contributed by atoms with Gasteiger partial charge in [0.2, 0.25) is 11.8 Å². The van der Waals surface area contributed by atoms with Crippen LogP contribution in [0.3, 0.4) is 0 Å². The first-order valence-electron chi connectivity index (χ1n) is 10.9. The third kappa shape index (κ3) is 4.31. The second-order valence-corrected chi connectivity index (χ2v) is 9.26. The highest BCUT2D eigenvalue weighted by molar-refractivity contribution is 5.95. The van der Waals surface area contributed by atoms with E-state index in [4.69, 9.17) is 0 Å². The largest absolute Gasteiger partial charge is 0.355 e. The molecule has 0 spiro atoms. The number of amides is 3. The molecule has 0 saturated heterocycles. The van der Waals surface area contributed by atoms with Crippen molar-refractivity contribution in [3.8, 4) is 0 Å². The molecule has 3 amide bonds. The van der Waals surface area contributed by atoms with Crippen molar-refractivity contribution in [2.45, 2.75) is 58.3 Å². The fourth-order valence-electron chi connectivity index (χ4n) is 6.02. The SMILES string of the molecule is CCc1ccc(C(=O)NNC(=O)CCNC(=O)C23CC4CC(CC(C4)C2)C3)cc1. The summed E-state index contributed by atoms with van der Waals surface area (Å²) in [6, 6.07) is 7.28. The molecule has 5 rings (SSSR count). The fraction of sp³-hybridized carbons (Fsp3) is 0.609. The number of hydrogen-bond acceptors (Lipinski definition) is 3. The molecule has 1 aromatic rings. The van der Waals surface area contributed by atoms with E-state index in [9.17, 15) is 14.4 Å². The summed E-state index contributed by atoms with van der Waals surface area (Å²) in [6.07, 6.45) is 8.01. The van der Waals surface area contributed by atoms with Crippen molar-refractivity contribution in [3.05, 3.63) is 35.4 Å². The molecule has 0 aliphatic heterocycles. The Balaban J connectivity index is 1.19. The molecule has 0 radical (unpaired) electrons. The molecule has 0 heterocycles. The van der Waals surface area contributed by atoms with Crippen LogP contribution in [0.25, 0.3) is 0 Å². The molecule has 0 unspecified atom stereocenters. The number of aryl methyl sites for hydroxylation is 1. The second kappa shape index (κ2) is 8.17. The van der Waals surface area contributed by atoms with E-state index < -0.39 is 0 Å². The number of hydrogen-bond donors (Lipinski definition) is 3. The lowest BCUT2D eigenvalue weighted by Crippen LogP contribution is -2.54. The third-order valence-corrected chi connectivity index (χ3v) is 7.10. The Bertz CT molecular complexity index is 752. The molecule has 1 aromatic carbocycles. The van der Waals surface area contributed by atoms with Gasteiger partial charge in [-0.15, -0.1) is 0 Å². The molecule has 4 fully saturated rings. The lowest BCUT2D eigenvalue weighted by molar-refractivity contribution is -0.146. The van der Waals surface area contributed by atoms with Crippen LogP contribution < -0.4 is 16.2 Å². The summed E-state index contributed by atoms with van der Waals surface area (Å²) in [4.78, 5) is 37.0. The molecule has 0 aromatic heterocycles. The monoisotopic (exact) mass is 397 g/mol. The second-order valence-electron chi connectivity index (χ2n) is 9.26. The van der Waals surface area contributed by atoms with Crippen LogP contribution in [0.5, 0.6) is 0 Å². The molecule has 6 nitrogen and oxygen atoms in total. The number of rotatable bonds is 6.